The van der Waals surface area contributed by atoms with E-state index in [2.05, 4.69) is 26.6 Å². The molecule has 0 aliphatic carbocycles. The average molecular weight is 287 g/mol. The van der Waals surface area contributed by atoms with Gasteiger partial charge in [0.1, 0.15) is 5.82 Å². The fourth-order valence-corrected chi connectivity index (χ4v) is 2.45. The highest BCUT2D eigenvalue weighted by molar-refractivity contribution is 9.10. The van der Waals surface area contributed by atoms with Crippen molar-refractivity contribution in [2.75, 3.05) is 18.4 Å². The second kappa shape index (κ2) is 5.15. The van der Waals surface area contributed by atoms with Gasteiger partial charge in [0.15, 0.2) is 0 Å². The smallest absolute Gasteiger partial charge is 0.139 e. The van der Waals surface area contributed by atoms with Crippen molar-refractivity contribution in [3.63, 3.8) is 0 Å². The van der Waals surface area contributed by atoms with E-state index in [1.165, 1.54) is 0 Å². The number of hydrogen-bond acceptors (Lipinski definition) is 2. The summed E-state index contributed by atoms with van der Waals surface area (Å²) in [5.41, 5.74) is 1.99. The Bertz CT molecular complexity index is 376. The van der Waals surface area contributed by atoms with E-state index in [0.29, 0.717) is 10.5 Å². The van der Waals surface area contributed by atoms with Crippen LogP contribution in [0.25, 0.3) is 0 Å². The zero-order chi connectivity index (χ0) is 11.5. The molecule has 1 aromatic carbocycles. The first-order chi connectivity index (χ1) is 7.66. The minimum absolute atomic E-state index is 0.206. The lowest BCUT2D eigenvalue weighted by molar-refractivity contribution is 0.478. The Morgan fingerprint density at radius 2 is 2.06 bits per heavy atom. The van der Waals surface area contributed by atoms with Crippen LogP contribution in [0.15, 0.2) is 16.6 Å². The number of benzene rings is 1. The Morgan fingerprint density at radius 3 is 2.75 bits per heavy atom. The van der Waals surface area contributed by atoms with E-state index in [9.17, 15) is 4.39 Å². The highest BCUT2D eigenvalue weighted by atomic mass is 79.9. The molecule has 0 atom stereocenters. The van der Waals surface area contributed by atoms with Gasteiger partial charge in [-0.3, -0.25) is 0 Å². The van der Waals surface area contributed by atoms with Gasteiger partial charge in [0.25, 0.3) is 0 Å². The third-order valence-electron chi connectivity index (χ3n) is 2.97. The largest absolute Gasteiger partial charge is 0.382 e. The van der Waals surface area contributed by atoms with Crippen molar-refractivity contribution in [2.24, 2.45) is 0 Å². The summed E-state index contributed by atoms with van der Waals surface area (Å²) in [7, 11) is 0. The molecule has 88 valence electrons. The van der Waals surface area contributed by atoms with Crippen molar-refractivity contribution in [3.05, 3.63) is 28.0 Å². The van der Waals surface area contributed by atoms with Gasteiger partial charge in [-0.25, -0.2) is 4.39 Å². The Balaban J connectivity index is 2.11. The molecule has 0 radical (unpaired) electrons. The van der Waals surface area contributed by atoms with Gasteiger partial charge in [-0.2, -0.15) is 0 Å². The van der Waals surface area contributed by atoms with Gasteiger partial charge in [0.05, 0.1) is 4.47 Å². The maximum Gasteiger partial charge on any atom is 0.139 e. The summed E-state index contributed by atoms with van der Waals surface area (Å²) in [6.45, 7) is 4.07. The molecule has 0 unspecified atom stereocenters. The van der Waals surface area contributed by atoms with Crippen LogP contribution in [-0.2, 0) is 0 Å². The van der Waals surface area contributed by atoms with Crippen LogP contribution in [0.4, 0.5) is 10.1 Å². The number of piperidine rings is 1. The molecule has 16 heavy (non-hydrogen) atoms. The summed E-state index contributed by atoms with van der Waals surface area (Å²) in [5, 5.41) is 6.73. The summed E-state index contributed by atoms with van der Waals surface area (Å²) >= 11 is 3.19. The van der Waals surface area contributed by atoms with Gasteiger partial charge in [0.2, 0.25) is 0 Å². The van der Waals surface area contributed by atoms with Gasteiger partial charge in [-0.05, 0) is 66.5 Å². The summed E-state index contributed by atoms with van der Waals surface area (Å²) < 4.78 is 13.9. The third-order valence-corrected chi connectivity index (χ3v) is 3.57. The van der Waals surface area contributed by atoms with Crippen LogP contribution < -0.4 is 10.6 Å². The molecule has 0 saturated carbocycles. The minimum Gasteiger partial charge on any atom is -0.382 e. The molecule has 2 nitrogen and oxygen atoms in total. The molecule has 1 aliphatic rings. The highest BCUT2D eigenvalue weighted by Gasteiger charge is 2.14. The molecule has 0 aromatic heterocycles. The number of nitrogens with one attached hydrogen (secondary N) is 2. The Kier molecular flexibility index (Phi) is 3.82. The molecule has 1 heterocycles. The number of rotatable bonds is 2. The lowest BCUT2D eigenvalue weighted by Gasteiger charge is -2.25. The molecule has 4 heteroatoms. The van der Waals surface area contributed by atoms with Gasteiger partial charge >= 0.3 is 0 Å². The SMILES string of the molecule is Cc1cc(Br)c(F)cc1NC1CCNCC1. The van der Waals surface area contributed by atoms with E-state index in [-0.39, 0.29) is 5.82 Å². The summed E-state index contributed by atoms with van der Waals surface area (Å²) in [5.74, 6) is -0.206. The second-order valence-corrected chi connectivity index (χ2v) is 5.10. The normalized spacial score (nSPS) is 17.4. The van der Waals surface area contributed by atoms with Crippen LogP contribution in [0.1, 0.15) is 18.4 Å². The second-order valence-electron chi connectivity index (χ2n) is 4.25. The first-order valence-corrected chi connectivity index (χ1v) is 6.39. The van der Waals surface area contributed by atoms with Crippen LogP contribution in [0.2, 0.25) is 0 Å². The van der Waals surface area contributed by atoms with E-state index in [1.54, 1.807) is 6.07 Å². The van der Waals surface area contributed by atoms with Gasteiger partial charge < -0.3 is 10.6 Å². The topological polar surface area (TPSA) is 24.1 Å². The Hall–Kier alpha value is -0.610. The quantitative estimate of drug-likeness (QED) is 0.873. The monoisotopic (exact) mass is 286 g/mol. The van der Waals surface area contributed by atoms with Crippen molar-refractivity contribution in [3.8, 4) is 0 Å². The molecule has 2 N–H and O–H groups in total. The number of hydrogen-bond donors (Lipinski definition) is 2. The van der Waals surface area contributed by atoms with Gasteiger partial charge in [0, 0.05) is 11.7 Å². The molecule has 1 aromatic rings. The maximum atomic E-state index is 13.4. The van der Waals surface area contributed by atoms with Crippen LogP contribution in [-0.4, -0.2) is 19.1 Å². The van der Waals surface area contributed by atoms with Crippen molar-refractivity contribution in [1.29, 1.82) is 0 Å². The summed E-state index contributed by atoms with van der Waals surface area (Å²) in [6, 6.07) is 3.85. The number of anilines is 1. The molecule has 1 fully saturated rings. The molecule has 1 aliphatic heterocycles. The Morgan fingerprint density at radius 1 is 1.38 bits per heavy atom. The predicted molar refractivity (Wildman–Crippen MR) is 68.4 cm³/mol. The van der Waals surface area contributed by atoms with Gasteiger partial charge in [-0.15, -0.1) is 0 Å². The van der Waals surface area contributed by atoms with E-state index < -0.39 is 0 Å². The van der Waals surface area contributed by atoms with Crippen molar-refractivity contribution in [1.82, 2.24) is 5.32 Å². The minimum atomic E-state index is -0.206. The lowest BCUT2D eigenvalue weighted by atomic mass is 10.1. The van der Waals surface area contributed by atoms with Crippen LogP contribution in [0.3, 0.4) is 0 Å². The fraction of sp³-hybridized carbons (Fsp3) is 0.500. The first-order valence-electron chi connectivity index (χ1n) is 5.59. The first kappa shape index (κ1) is 11.9. The molecule has 0 amide bonds. The predicted octanol–water partition coefficient (Wildman–Crippen LogP) is 3.06. The number of aryl methyl sites for hydroxylation is 1. The Labute approximate surface area is 104 Å². The van der Waals surface area contributed by atoms with Crippen molar-refractivity contribution >= 4 is 21.6 Å². The molecule has 2 rings (SSSR count). The maximum absolute atomic E-state index is 13.4. The van der Waals surface area contributed by atoms with Crippen LogP contribution >= 0.6 is 15.9 Å². The third kappa shape index (κ3) is 2.74. The zero-order valence-electron chi connectivity index (χ0n) is 9.32. The van der Waals surface area contributed by atoms with E-state index >= 15 is 0 Å². The lowest BCUT2D eigenvalue weighted by Crippen LogP contribution is -2.35. The molecule has 1 saturated heterocycles. The van der Waals surface area contributed by atoms with Crippen LogP contribution in [0, 0.1) is 12.7 Å². The van der Waals surface area contributed by atoms with E-state index in [4.69, 9.17) is 0 Å². The van der Waals surface area contributed by atoms with E-state index in [0.717, 1.165) is 37.2 Å². The van der Waals surface area contributed by atoms with Gasteiger partial charge in [-0.1, -0.05) is 0 Å². The zero-order valence-corrected chi connectivity index (χ0v) is 10.9. The van der Waals surface area contributed by atoms with Crippen molar-refractivity contribution in [2.45, 2.75) is 25.8 Å². The standard InChI is InChI=1S/C12H16BrFN2/c1-8-6-10(13)11(14)7-12(8)16-9-2-4-15-5-3-9/h6-7,9,15-16H,2-5H2,1H3. The average Bonchev–Trinajstić information content (AvgIpc) is 2.27. The van der Waals surface area contributed by atoms with Crippen molar-refractivity contribution < 1.29 is 4.39 Å². The molecule has 0 bridgehead atoms. The fourth-order valence-electron chi connectivity index (χ4n) is 1.99. The van der Waals surface area contributed by atoms with E-state index in [1.807, 2.05) is 13.0 Å². The number of halogens is 2. The molecular weight excluding hydrogens is 271 g/mol. The molecule has 0 spiro atoms. The van der Waals surface area contributed by atoms with Crippen LogP contribution in [0.5, 0.6) is 0 Å². The molecular formula is C12H16BrFN2. The highest BCUT2D eigenvalue weighted by Crippen LogP contribution is 2.25. The summed E-state index contributed by atoms with van der Waals surface area (Å²) in [6.07, 6.45) is 2.19. The summed E-state index contributed by atoms with van der Waals surface area (Å²) in [4.78, 5) is 0.